The highest BCUT2D eigenvalue weighted by Crippen LogP contribution is 2.47. The summed E-state index contributed by atoms with van der Waals surface area (Å²) in [5.41, 5.74) is 17.0. The molecule has 0 bridgehead atoms. The molecule has 0 amide bonds. The first kappa shape index (κ1) is 33.0. The summed E-state index contributed by atoms with van der Waals surface area (Å²) in [6.45, 7) is 2.39. The van der Waals surface area contributed by atoms with E-state index in [1.807, 2.05) is 12.1 Å². The van der Waals surface area contributed by atoms with Gasteiger partial charge in [-0.15, -0.1) is 0 Å². The van der Waals surface area contributed by atoms with E-state index in [0.717, 1.165) is 66.0 Å². The standard InChI is InChI=1S/C51H40N4/c1-33-28-50-47(42-18-9-10-21-48(42)54(50)37-25-22-34(31-52)23-26-37)30-45(33)41-17-8-6-15-39(41)38-14-5-7-16-40(38)43-19-11-20-44-46-29-35(32-53)24-27-49(46)55(51(43)44)36-12-3-2-4-13-36/h2-5,7,9-21,24-25,27,29-30,33-34H,6,8,22-23,26,28H2,1H3. The summed E-state index contributed by atoms with van der Waals surface area (Å²) in [5, 5.41) is 23.0. The molecule has 2 unspecified atom stereocenters. The molecular formula is C51H40N4. The lowest BCUT2D eigenvalue weighted by molar-refractivity contribution is 0.587. The van der Waals surface area contributed by atoms with Crippen molar-refractivity contribution in [2.75, 3.05) is 0 Å². The smallest absolute Gasteiger partial charge is 0.0991 e. The average molecular weight is 709 g/mol. The van der Waals surface area contributed by atoms with Crippen LogP contribution in [0.3, 0.4) is 0 Å². The summed E-state index contributed by atoms with van der Waals surface area (Å²) in [6.07, 6.45) is 15.4. The minimum Gasteiger partial charge on any atom is -0.317 e. The summed E-state index contributed by atoms with van der Waals surface area (Å²) in [5.74, 6) is 0.438. The van der Waals surface area contributed by atoms with E-state index in [9.17, 15) is 10.5 Å². The Hall–Kier alpha value is -6.62. The second-order valence-electron chi connectivity index (χ2n) is 15.3. The molecule has 5 aromatic carbocycles. The molecule has 0 radical (unpaired) electrons. The quantitative estimate of drug-likeness (QED) is 0.179. The third-order valence-electron chi connectivity index (χ3n) is 12.1. The van der Waals surface area contributed by atoms with Crippen LogP contribution >= 0.6 is 0 Å². The van der Waals surface area contributed by atoms with E-state index in [1.165, 1.54) is 61.3 Å². The maximum atomic E-state index is 9.86. The molecule has 2 aromatic heterocycles. The predicted molar refractivity (Wildman–Crippen MR) is 226 cm³/mol. The van der Waals surface area contributed by atoms with E-state index in [0.29, 0.717) is 11.5 Å². The van der Waals surface area contributed by atoms with Crippen LogP contribution in [0.4, 0.5) is 0 Å². The minimum absolute atomic E-state index is 0.114. The number of aromatic nitrogens is 2. The van der Waals surface area contributed by atoms with Crippen LogP contribution in [0.25, 0.3) is 66.9 Å². The third kappa shape index (κ3) is 5.32. The number of hydrogen-bond acceptors (Lipinski definition) is 2. The molecule has 10 rings (SSSR count). The molecule has 7 aromatic rings. The van der Waals surface area contributed by atoms with Crippen molar-refractivity contribution in [1.82, 2.24) is 9.13 Å². The van der Waals surface area contributed by atoms with Crippen molar-refractivity contribution in [3.63, 3.8) is 0 Å². The normalized spacial score (nSPS) is 18.2. The van der Waals surface area contributed by atoms with Gasteiger partial charge in [-0.2, -0.15) is 10.5 Å². The van der Waals surface area contributed by atoms with Gasteiger partial charge in [0.05, 0.1) is 40.2 Å². The molecule has 4 nitrogen and oxygen atoms in total. The molecule has 2 heterocycles. The first-order chi connectivity index (χ1) is 27.1. The number of allylic oxidation sites excluding steroid dienone is 7. The summed E-state index contributed by atoms with van der Waals surface area (Å²) in [6, 6.07) is 45.9. The zero-order valence-electron chi connectivity index (χ0n) is 31.0. The van der Waals surface area contributed by atoms with E-state index in [2.05, 4.69) is 156 Å². The van der Waals surface area contributed by atoms with Crippen molar-refractivity contribution in [3.8, 4) is 29.0 Å². The highest BCUT2D eigenvalue weighted by molar-refractivity contribution is 6.15. The van der Waals surface area contributed by atoms with Crippen molar-refractivity contribution < 1.29 is 0 Å². The summed E-state index contributed by atoms with van der Waals surface area (Å²) in [4.78, 5) is 0. The molecule has 264 valence electrons. The Morgan fingerprint density at radius 1 is 0.655 bits per heavy atom. The van der Waals surface area contributed by atoms with Crippen molar-refractivity contribution in [1.29, 1.82) is 10.5 Å². The SMILES string of the molecule is CC1Cc2c(c3ccccc3n2C2=CCC(C#N)CC2)C=C1C1=CCCC=C1c1ccccc1-c1cccc2c3cc(C#N)ccc3n(-c3ccccc3)c12. The Balaban J connectivity index is 1.14. The Kier molecular flexibility index (Phi) is 8.01. The number of para-hydroxylation sites is 3. The highest BCUT2D eigenvalue weighted by atomic mass is 15.0. The van der Waals surface area contributed by atoms with Crippen LogP contribution in [0.15, 0.2) is 145 Å². The molecule has 0 aliphatic heterocycles. The topological polar surface area (TPSA) is 57.4 Å². The average Bonchev–Trinajstić information content (AvgIpc) is 3.75. The van der Waals surface area contributed by atoms with Gasteiger partial charge in [0.25, 0.3) is 0 Å². The predicted octanol–water partition coefficient (Wildman–Crippen LogP) is 12.8. The highest BCUT2D eigenvalue weighted by Gasteiger charge is 2.30. The third-order valence-corrected chi connectivity index (χ3v) is 12.1. The summed E-state index contributed by atoms with van der Waals surface area (Å²) < 4.78 is 4.89. The van der Waals surface area contributed by atoms with Crippen LogP contribution in [-0.4, -0.2) is 9.13 Å². The molecule has 55 heavy (non-hydrogen) atoms. The van der Waals surface area contributed by atoms with Crippen molar-refractivity contribution in [2.45, 2.75) is 45.4 Å². The molecule has 0 spiro atoms. The lowest BCUT2D eigenvalue weighted by atomic mass is 9.76. The first-order valence-electron chi connectivity index (χ1n) is 19.6. The number of fused-ring (bicyclic) bond motifs is 6. The van der Waals surface area contributed by atoms with Gasteiger partial charge in [-0.25, -0.2) is 0 Å². The van der Waals surface area contributed by atoms with Crippen LogP contribution in [-0.2, 0) is 6.42 Å². The lowest BCUT2D eigenvalue weighted by Crippen LogP contribution is -2.17. The number of benzene rings is 5. The number of hydrogen-bond donors (Lipinski definition) is 0. The van der Waals surface area contributed by atoms with Crippen molar-refractivity contribution in [3.05, 3.63) is 167 Å². The lowest BCUT2D eigenvalue weighted by Gasteiger charge is -2.29. The van der Waals surface area contributed by atoms with Crippen molar-refractivity contribution in [2.24, 2.45) is 11.8 Å². The first-order valence-corrected chi connectivity index (χ1v) is 19.6. The van der Waals surface area contributed by atoms with E-state index in [1.54, 1.807) is 0 Å². The second kappa shape index (κ2) is 13.3. The van der Waals surface area contributed by atoms with Crippen LogP contribution < -0.4 is 0 Å². The van der Waals surface area contributed by atoms with Gasteiger partial charge >= 0.3 is 0 Å². The fourth-order valence-corrected chi connectivity index (χ4v) is 9.55. The summed E-state index contributed by atoms with van der Waals surface area (Å²) in [7, 11) is 0. The van der Waals surface area contributed by atoms with Crippen LogP contribution in [0, 0.1) is 34.5 Å². The maximum absolute atomic E-state index is 9.86. The molecule has 0 saturated heterocycles. The molecular weight excluding hydrogens is 669 g/mol. The number of rotatable bonds is 5. The Morgan fingerprint density at radius 3 is 2.18 bits per heavy atom. The Labute approximate surface area is 321 Å². The van der Waals surface area contributed by atoms with E-state index in [4.69, 9.17) is 0 Å². The van der Waals surface area contributed by atoms with Gasteiger partial charge in [-0.05, 0) is 115 Å². The molecule has 3 aliphatic carbocycles. The van der Waals surface area contributed by atoms with Gasteiger partial charge in [-0.1, -0.05) is 104 Å². The van der Waals surface area contributed by atoms with Gasteiger partial charge in [-0.3, -0.25) is 0 Å². The number of nitrogens with zero attached hydrogens (tertiary/aromatic N) is 4. The van der Waals surface area contributed by atoms with Crippen LogP contribution in [0.1, 0.15) is 61.4 Å². The van der Waals surface area contributed by atoms with Gasteiger partial charge in [0.2, 0.25) is 0 Å². The Bertz CT molecular complexity index is 2910. The molecule has 0 saturated carbocycles. The molecule has 0 fully saturated rings. The van der Waals surface area contributed by atoms with E-state index < -0.39 is 0 Å². The van der Waals surface area contributed by atoms with Crippen LogP contribution in [0.2, 0.25) is 0 Å². The Morgan fingerprint density at radius 2 is 1.38 bits per heavy atom. The van der Waals surface area contributed by atoms with E-state index in [-0.39, 0.29) is 5.92 Å². The zero-order chi connectivity index (χ0) is 37.0. The molecule has 3 aliphatic rings. The molecule has 4 heteroatoms. The molecule has 2 atom stereocenters. The van der Waals surface area contributed by atoms with Crippen LogP contribution in [0.5, 0.6) is 0 Å². The monoisotopic (exact) mass is 708 g/mol. The fourth-order valence-electron chi connectivity index (χ4n) is 9.55. The van der Waals surface area contributed by atoms with Gasteiger partial charge < -0.3 is 9.13 Å². The summed E-state index contributed by atoms with van der Waals surface area (Å²) >= 11 is 0. The molecule has 0 N–H and O–H groups in total. The van der Waals surface area contributed by atoms with Gasteiger partial charge in [0.1, 0.15) is 0 Å². The maximum Gasteiger partial charge on any atom is 0.0991 e. The minimum atomic E-state index is 0.114. The second-order valence-corrected chi connectivity index (χ2v) is 15.3. The fraction of sp³-hybridized carbons (Fsp3) is 0.176. The zero-order valence-corrected chi connectivity index (χ0v) is 31.0. The van der Waals surface area contributed by atoms with Gasteiger partial charge in [0, 0.05) is 44.4 Å². The van der Waals surface area contributed by atoms with Gasteiger partial charge in [0.15, 0.2) is 0 Å². The largest absolute Gasteiger partial charge is 0.317 e. The van der Waals surface area contributed by atoms with E-state index >= 15 is 0 Å². The number of nitriles is 2. The van der Waals surface area contributed by atoms with Crippen molar-refractivity contribution >= 4 is 50.1 Å².